The molecule has 0 spiro atoms. The summed E-state index contributed by atoms with van der Waals surface area (Å²) in [5, 5.41) is 8.10. The van der Waals surface area contributed by atoms with Crippen LogP contribution in [0, 0.1) is 6.92 Å². The standard InChI is InChI=1S/C20H18ClN3O2S/c1-3-14-8-9-16(27-14)19(26)15-10-17(25)22-20-18(15)11(2)23-24(20)13-6-4-12(21)5-7-13/h4-9,15H,3,10H2,1-2H3,(H,22,25)/t15-/m0/s1. The normalized spacial score (nSPS) is 16.1. The maximum Gasteiger partial charge on any atom is 0.226 e. The van der Waals surface area contributed by atoms with Crippen LogP contribution in [0.15, 0.2) is 36.4 Å². The molecule has 5 nitrogen and oxygen atoms in total. The number of nitrogens with one attached hydrogen (secondary N) is 1. The maximum absolute atomic E-state index is 13.2. The molecule has 0 bridgehead atoms. The van der Waals surface area contributed by atoms with Crippen molar-refractivity contribution in [1.29, 1.82) is 0 Å². The molecule has 27 heavy (non-hydrogen) atoms. The van der Waals surface area contributed by atoms with Crippen molar-refractivity contribution in [2.45, 2.75) is 32.6 Å². The number of aromatic nitrogens is 2. The van der Waals surface area contributed by atoms with Crippen LogP contribution in [-0.4, -0.2) is 21.5 Å². The van der Waals surface area contributed by atoms with Gasteiger partial charge in [0.25, 0.3) is 0 Å². The van der Waals surface area contributed by atoms with Crippen molar-refractivity contribution in [3.8, 4) is 5.69 Å². The van der Waals surface area contributed by atoms with Crippen LogP contribution in [-0.2, 0) is 11.2 Å². The molecule has 0 fully saturated rings. The van der Waals surface area contributed by atoms with E-state index in [4.69, 9.17) is 11.6 Å². The molecule has 2 aromatic heterocycles. The predicted octanol–water partition coefficient (Wildman–Crippen LogP) is 4.77. The Bertz CT molecular complexity index is 1040. The van der Waals surface area contributed by atoms with Crippen LogP contribution in [0.4, 0.5) is 5.82 Å². The molecule has 0 unspecified atom stereocenters. The van der Waals surface area contributed by atoms with Gasteiger partial charge in [-0.05, 0) is 49.7 Å². The number of hydrogen-bond donors (Lipinski definition) is 1. The lowest BCUT2D eigenvalue weighted by atomic mass is 9.87. The number of aryl methyl sites for hydroxylation is 2. The zero-order valence-corrected chi connectivity index (χ0v) is 16.5. The zero-order chi connectivity index (χ0) is 19.1. The van der Waals surface area contributed by atoms with Crippen molar-refractivity contribution in [2.75, 3.05) is 5.32 Å². The number of benzene rings is 1. The summed E-state index contributed by atoms with van der Waals surface area (Å²) in [5.74, 6) is -0.146. The number of fused-ring (bicyclic) bond motifs is 1. The second-order valence-corrected chi connectivity index (χ2v) is 8.13. The molecule has 0 saturated carbocycles. The van der Waals surface area contributed by atoms with E-state index < -0.39 is 5.92 Å². The first kappa shape index (κ1) is 17.9. The van der Waals surface area contributed by atoms with Gasteiger partial charge in [0.05, 0.1) is 22.2 Å². The van der Waals surface area contributed by atoms with Crippen molar-refractivity contribution in [3.63, 3.8) is 0 Å². The molecule has 4 rings (SSSR count). The smallest absolute Gasteiger partial charge is 0.226 e. The average Bonchev–Trinajstić information content (AvgIpc) is 3.26. The molecule has 0 aliphatic carbocycles. The van der Waals surface area contributed by atoms with Crippen LogP contribution >= 0.6 is 22.9 Å². The largest absolute Gasteiger partial charge is 0.310 e. The third kappa shape index (κ3) is 3.19. The number of hydrogen-bond acceptors (Lipinski definition) is 4. The number of carbonyl (C=O) groups excluding carboxylic acids is 2. The summed E-state index contributed by atoms with van der Waals surface area (Å²) in [5.41, 5.74) is 2.31. The third-order valence-corrected chi connectivity index (χ3v) is 6.24. The van der Waals surface area contributed by atoms with Gasteiger partial charge in [0.2, 0.25) is 5.91 Å². The molecule has 1 atom stereocenters. The summed E-state index contributed by atoms with van der Waals surface area (Å²) in [6.45, 7) is 3.93. The van der Waals surface area contributed by atoms with Gasteiger partial charge in [0.1, 0.15) is 5.82 Å². The van der Waals surface area contributed by atoms with E-state index >= 15 is 0 Å². The molecule has 1 aromatic carbocycles. The predicted molar refractivity (Wildman–Crippen MR) is 107 cm³/mol. The van der Waals surface area contributed by atoms with Crippen LogP contribution in [0.3, 0.4) is 0 Å². The van der Waals surface area contributed by atoms with Crippen molar-refractivity contribution in [1.82, 2.24) is 9.78 Å². The number of Topliss-reactive ketones (excluding diaryl/α,β-unsaturated/α-hetero) is 1. The fraction of sp³-hybridized carbons (Fsp3) is 0.250. The number of anilines is 1. The molecule has 0 saturated heterocycles. The summed E-state index contributed by atoms with van der Waals surface area (Å²) in [4.78, 5) is 27.4. The topological polar surface area (TPSA) is 64.0 Å². The van der Waals surface area contributed by atoms with Crippen molar-refractivity contribution >= 4 is 40.4 Å². The van der Waals surface area contributed by atoms with Gasteiger partial charge in [-0.1, -0.05) is 18.5 Å². The Kier molecular flexibility index (Phi) is 4.61. The molecule has 3 aromatic rings. The Hall–Kier alpha value is -2.44. The van der Waals surface area contributed by atoms with Gasteiger partial charge >= 0.3 is 0 Å². The Morgan fingerprint density at radius 1 is 1.30 bits per heavy atom. The number of ketones is 1. The van der Waals surface area contributed by atoms with Crippen LogP contribution in [0.25, 0.3) is 5.69 Å². The van der Waals surface area contributed by atoms with Crippen LogP contribution < -0.4 is 5.32 Å². The minimum atomic E-state index is -0.516. The molecular weight excluding hydrogens is 382 g/mol. The Morgan fingerprint density at radius 2 is 2.04 bits per heavy atom. The second-order valence-electron chi connectivity index (χ2n) is 6.52. The summed E-state index contributed by atoms with van der Waals surface area (Å²) in [6.07, 6.45) is 1.03. The van der Waals surface area contributed by atoms with Crippen molar-refractivity contribution in [2.24, 2.45) is 0 Å². The van der Waals surface area contributed by atoms with E-state index in [1.165, 1.54) is 11.3 Å². The average molecular weight is 400 g/mol. The van der Waals surface area contributed by atoms with Crippen LogP contribution in [0.2, 0.25) is 5.02 Å². The lowest BCUT2D eigenvalue weighted by Crippen LogP contribution is -2.28. The van der Waals surface area contributed by atoms with E-state index in [0.29, 0.717) is 15.7 Å². The number of amides is 1. The number of carbonyl (C=O) groups is 2. The van der Waals surface area contributed by atoms with Crippen molar-refractivity contribution < 1.29 is 9.59 Å². The lowest BCUT2D eigenvalue weighted by Gasteiger charge is -2.22. The Balaban J connectivity index is 1.79. The van der Waals surface area contributed by atoms with E-state index in [0.717, 1.165) is 28.2 Å². The number of thiophene rings is 1. The van der Waals surface area contributed by atoms with Gasteiger partial charge in [-0.3, -0.25) is 9.59 Å². The van der Waals surface area contributed by atoms with Crippen molar-refractivity contribution in [3.05, 3.63) is 62.4 Å². The monoisotopic (exact) mass is 399 g/mol. The van der Waals surface area contributed by atoms with Gasteiger partial charge < -0.3 is 5.32 Å². The van der Waals surface area contributed by atoms with Crippen LogP contribution in [0.1, 0.15) is 45.1 Å². The highest BCUT2D eigenvalue weighted by atomic mass is 35.5. The van der Waals surface area contributed by atoms with Gasteiger partial charge in [0, 0.05) is 21.9 Å². The molecule has 1 N–H and O–H groups in total. The minimum absolute atomic E-state index is 0.0189. The van der Waals surface area contributed by atoms with Gasteiger partial charge in [-0.15, -0.1) is 11.3 Å². The van der Waals surface area contributed by atoms with E-state index in [1.54, 1.807) is 16.8 Å². The highest BCUT2D eigenvalue weighted by Crippen LogP contribution is 2.39. The van der Waals surface area contributed by atoms with E-state index in [1.807, 2.05) is 31.2 Å². The minimum Gasteiger partial charge on any atom is -0.310 e. The number of halogens is 1. The van der Waals surface area contributed by atoms with Gasteiger partial charge in [-0.25, -0.2) is 4.68 Å². The van der Waals surface area contributed by atoms with Crippen LogP contribution in [0.5, 0.6) is 0 Å². The molecule has 1 aliphatic heterocycles. The lowest BCUT2D eigenvalue weighted by molar-refractivity contribution is -0.116. The molecule has 1 amide bonds. The molecule has 138 valence electrons. The molecule has 3 heterocycles. The summed E-state index contributed by atoms with van der Waals surface area (Å²) >= 11 is 7.47. The summed E-state index contributed by atoms with van der Waals surface area (Å²) in [6, 6.07) is 11.0. The first-order valence-electron chi connectivity index (χ1n) is 8.76. The summed E-state index contributed by atoms with van der Waals surface area (Å²) in [7, 11) is 0. The molecule has 7 heteroatoms. The quantitative estimate of drug-likeness (QED) is 0.643. The molecule has 1 aliphatic rings. The number of rotatable bonds is 4. The fourth-order valence-electron chi connectivity index (χ4n) is 3.41. The second kappa shape index (κ2) is 6.94. The highest BCUT2D eigenvalue weighted by molar-refractivity contribution is 7.14. The third-order valence-electron chi connectivity index (χ3n) is 4.74. The number of nitrogens with zero attached hydrogens (tertiary/aromatic N) is 2. The van der Waals surface area contributed by atoms with Gasteiger partial charge in [0.15, 0.2) is 5.78 Å². The molecule has 0 radical (unpaired) electrons. The van der Waals surface area contributed by atoms with Gasteiger partial charge in [-0.2, -0.15) is 5.10 Å². The molecular formula is C20H18ClN3O2S. The SMILES string of the molecule is CCc1ccc(C(=O)[C@H]2CC(=O)Nc3c2c(C)nn3-c2ccc(Cl)cc2)s1. The first-order valence-corrected chi connectivity index (χ1v) is 9.95. The maximum atomic E-state index is 13.2. The highest BCUT2D eigenvalue weighted by Gasteiger charge is 2.36. The first-order chi connectivity index (χ1) is 13.0. The Labute approximate surface area is 166 Å². The van der Waals surface area contributed by atoms with E-state index in [2.05, 4.69) is 17.3 Å². The Morgan fingerprint density at radius 3 is 2.70 bits per heavy atom. The fourth-order valence-corrected chi connectivity index (χ4v) is 4.48. The van der Waals surface area contributed by atoms with E-state index in [9.17, 15) is 9.59 Å². The zero-order valence-electron chi connectivity index (χ0n) is 15.0. The summed E-state index contributed by atoms with van der Waals surface area (Å²) < 4.78 is 1.67. The van der Waals surface area contributed by atoms with E-state index in [-0.39, 0.29) is 18.1 Å².